The van der Waals surface area contributed by atoms with Crippen LogP contribution in [0.4, 0.5) is 0 Å². The molecule has 1 unspecified atom stereocenters. The predicted molar refractivity (Wildman–Crippen MR) is 81.6 cm³/mol. The average Bonchev–Trinajstić information content (AvgIpc) is 2.78. The summed E-state index contributed by atoms with van der Waals surface area (Å²) in [5.41, 5.74) is 8.33. The Kier molecular flexibility index (Phi) is 4.66. The summed E-state index contributed by atoms with van der Waals surface area (Å²) in [6.45, 7) is 2.84. The number of benzene rings is 1. The number of methoxy groups -OCH3 is 1. The Labute approximate surface area is 122 Å². The highest BCUT2D eigenvalue weighted by Gasteiger charge is 2.07. The molecule has 2 aromatic rings. The zero-order valence-corrected chi connectivity index (χ0v) is 12.9. The Bertz CT molecular complexity index is 549. The molecule has 0 aliphatic carbocycles. The molecular formula is C15H19BrN2O. The van der Waals surface area contributed by atoms with Crippen LogP contribution in [0, 0.1) is 0 Å². The van der Waals surface area contributed by atoms with Crippen LogP contribution in [0.25, 0.3) is 0 Å². The van der Waals surface area contributed by atoms with Gasteiger partial charge in [-0.1, -0.05) is 15.9 Å². The van der Waals surface area contributed by atoms with Gasteiger partial charge in [0.2, 0.25) is 0 Å². The molecule has 1 heterocycles. The van der Waals surface area contributed by atoms with E-state index in [4.69, 9.17) is 10.5 Å². The molecule has 0 aliphatic rings. The minimum Gasteiger partial charge on any atom is -0.497 e. The number of hydrogen-bond donors (Lipinski definition) is 1. The van der Waals surface area contributed by atoms with Crippen molar-refractivity contribution in [3.05, 3.63) is 52.3 Å². The third-order valence-corrected chi connectivity index (χ3v) is 3.82. The summed E-state index contributed by atoms with van der Waals surface area (Å²) in [6.07, 6.45) is 2.97. The van der Waals surface area contributed by atoms with E-state index in [9.17, 15) is 0 Å². The molecular weight excluding hydrogens is 304 g/mol. The normalized spacial score (nSPS) is 12.4. The Morgan fingerprint density at radius 3 is 2.84 bits per heavy atom. The summed E-state index contributed by atoms with van der Waals surface area (Å²) >= 11 is 3.59. The van der Waals surface area contributed by atoms with Crippen molar-refractivity contribution in [2.24, 2.45) is 5.73 Å². The molecule has 0 radical (unpaired) electrons. The fourth-order valence-electron chi connectivity index (χ4n) is 2.10. The topological polar surface area (TPSA) is 40.2 Å². The Balaban J connectivity index is 2.23. The molecule has 19 heavy (non-hydrogen) atoms. The molecule has 0 aliphatic heterocycles. The molecule has 3 nitrogen and oxygen atoms in total. The van der Waals surface area contributed by atoms with E-state index >= 15 is 0 Å². The summed E-state index contributed by atoms with van der Waals surface area (Å²) in [5, 5.41) is 0. The second-order valence-corrected chi connectivity index (χ2v) is 5.62. The number of aromatic nitrogens is 1. The first kappa shape index (κ1) is 14.2. The van der Waals surface area contributed by atoms with Gasteiger partial charge in [0.1, 0.15) is 5.75 Å². The first-order valence-corrected chi connectivity index (χ1v) is 7.11. The fourth-order valence-corrected chi connectivity index (χ4v) is 2.47. The molecule has 0 saturated carbocycles. The molecule has 0 amide bonds. The fraction of sp³-hybridized carbons (Fsp3) is 0.333. The van der Waals surface area contributed by atoms with Crippen LogP contribution in [0.15, 0.2) is 41.0 Å². The van der Waals surface area contributed by atoms with Gasteiger partial charge in [0.25, 0.3) is 0 Å². The van der Waals surface area contributed by atoms with Crippen LogP contribution in [0.2, 0.25) is 0 Å². The van der Waals surface area contributed by atoms with Crippen LogP contribution < -0.4 is 10.5 Å². The maximum Gasteiger partial charge on any atom is 0.119 e. The van der Waals surface area contributed by atoms with E-state index in [1.165, 1.54) is 11.3 Å². The molecule has 0 spiro atoms. The van der Waals surface area contributed by atoms with Crippen molar-refractivity contribution in [3.8, 4) is 5.75 Å². The second-order valence-electron chi connectivity index (χ2n) is 4.77. The Morgan fingerprint density at radius 2 is 2.16 bits per heavy atom. The summed E-state index contributed by atoms with van der Waals surface area (Å²) in [6, 6.07) is 10.4. The minimum atomic E-state index is 0.169. The largest absolute Gasteiger partial charge is 0.497 e. The van der Waals surface area contributed by atoms with Crippen molar-refractivity contribution in [1.29, 1.82) is 0 Å². The Hall–Kier alpha value is -1.26. The van der Waals surface area contributed by atoms with Gasteiger partial charge in [-0.25, -0.2) is 0 Å². The smallest absolute Gasteiger partial charge is 0.119 e. The lowest BCUT2D eigenvalue weighted by Crippen LogP contribution is -2.20. The summed E-state index contributed by atoms with van der Waals surface area (Å²) in [7, 11) is 1.68. The molecule has 2 rings (SSSR count). The van der Waals surface area contributed by atoms with Gasteiger partial charge in [-0.15, -0.1) is 0 Å². The van der Waals surface area contributed by atoms with Gasteiger partial charge in [0.05, 0.1) is 7.11 Å². The van der Waals surface area contributed by atoms with Crippen LogP contribution in [-0.2, 0) is 13.0 Å². The molecule has 0 saturated heterocycles. The quantitative estimate of drug-likeness (QED) is 0.918. The van der Waals surface area contributed by atoms with Crippen LogP contribution in [-0.4, -0.2) is 17.7 Å². The third kappa shape index (κ3) is 3.61. The van der Waals surface area contributed by atoms with Crippen molar-refractivity contribution < 1.29 is 4.74 Å². The lowest BCUT2D eigenvalue weighted by Gasteiger charge is -2.13. The van der Waals surface area contributed by atoms with Crippen LogP contribution in [0.3, 0.4) is 0 Å². The molecule has 1 atom stereocenters. The molecule has 0 fully saturated rings. The van der Waals surface area contributed by atoms with Crippen molar-refractivity contribution in [3.63, 3.8) is 0 Å². The number of halogens is 1. The third-order valence-electron chi connectivity index (χ3n) is 3.05. The summed E-state index contributed by atoms with van der Waals surface area (Å²) in [4.78, 5) is 0. The number of rotatable bonds is 5. The van der Waals surface area contributed by atoms with Gasteiger partial charge in [0.15, 0.2) is 0 Å². The first-order chi connectivity index (χ1) is 9.10. The highest BCUT2D eigenvalue weighted by Crippen LogP contribution is 2.24. The standard InChI is InChI=1S/C15H19BrN2O/c1-11(17)8-13-4-3-7-18(13)10-12-9-14(19-2)5-6-15(12)16/h3-7,9,11H,8,10,17H2,1-2H3. The summed E-state index contributed by atoms with van der Waals surface area (Å²) < 4.78 is 8.59. The number of nitrogens with two attached hydrogens (primary N) is 1. The lowest BCUT2D eigenvalue weighted by molar-refractivity contribution is 0.414. The van der Waals surface area contributed by atoms with Crippen LogP contribution >= 0.6 is 15.9 Å². The SMILES string of the molecule is COc1ccc(Br)c(Cn2cccc2CC(C)N)c1. The molecule has 0 bridgehead atoms. The molecule has 1 aromatic heterocycles. The van der Waals surface area contributed by atoms with Gasteiger partial charge < -0.3 is 15.0 Å². The first-order valence-electron chi connectivity index (χ1n) is 6.32. The van der Waals surface area contributed by atoms with Gasteiger partial charge in [-0.05, 0) is 42.8 Å². The van der Waals surface area contributed by atoms with Crippen molar-refractivity contribution >= 4 is 15.9 Å². The van der Waals surface area contributed by atoms with Gasteiger partial charge in [-0.2, -0.15) is 0 Å². The zero-order chi connectivity index (χ0) is 13.8. The van der Waals surface area contributed by atoms with E-state index in [0.29, 0.717) is 0 Å². The molecule has 102 valence electrons. The van der Waals surface area contributed by atoms with E-state index in [-0.39, 0.29) is 6.04 Å². The van der Waals surface area contributed by atoms with E-state index < -0.39 is 0 Å². The van der Waals surface area contributed by atoms with Crippen molar-refractivity contribution in [2.75, 3.05) is 7.11 Å². The van der Waals surface area contributed by atoms with E-state index in [2.05, 4.69) is 44.9 Å². The molecule has 4 heteroatoms. The zero-order valence-electron chi connectivity index (χ0n) is 11.3. The maximum absolute atomic E-state index is 5.88. The van der Waals surface area contributed by atoms with Crippen molar-refractivity contribution in [2.45, 2.75) is 25.9 Å². The van der Waals surface area contributed by atoms with Crippen LogP contribution in [0.1, 0.15) is 18.2 Å². The predicted octanol–water partition coefficient (Wildman–Crippen LogP) is 3.20. The van der Waals surface area contributed by atoms with Crippen LogP contribution in [0.5, 0.6) is 5.75 Å². The number of hydrogen-bond acceptors (Lipinski definition) is 2. The highest BCUT2D eigenvalue weighted by molar-refractivity contribution is 9.10. The highest BCUT2D eigenvalue weighted by atomic mass is 79.9. The van der Waals surface area contributed by atoms with E-state index in [0.717, 1.165) is 23.2 Å². The minimum absolute atomic E-state index is 0.169. The Morgan fingerprint density at radius 1 is 1.37 bits per heavy atom. The molecule has 1 aromatic carbocycles. The lowest BCUT2D eigenvalue weighted by atomic mass is 10.1. The monoisotopic (exact) mass is 322 g/mol. The van der Waals surface area contributed by atoms with Gasteiger partial charge in [0, 0.05) is 35.4 Å². The van der Waals surface area contributed by atoms with Crippen molar-refractivity contribution in [1.82, 2.24) is 4.57 Å². The summed E-state index contributed by atoms with van der Waals surface area (Å²) in [5.74, 6) is 0.874. The van der Waals surface area contributed by atoms with E-state index in [1.807, 2.05) is 19.1 Å². The molecule has 2 N–H and O–H groups in total. The average molecular weight is 323 g/mol. The van der Waals surface area contributed by atoms with Gasteiger partial charge >= 0.3 is 0 Å². The van der Waals surface area contributed by atoms with E-state index in [1.54, 1.807) is 7.11 Å². The number of nitrogens with zero attached hydrogens (tertiary/aromatic N) is 1. The maximum atomic E-state index is 5.88. The second kappa shape index (κ2) is 6.26. The van der Waals surface area contributed by atoms with Gasteiger partial charge in [-0.3, -0.25) is 0 Å². The number of ether oxygens (including phenoxy) is 1.